The van der Waals surface area contributed by atoms with Crippen LogP contribution in [0.15, 0.2) is 52.0 Å². The van der Waals surface area contributed by atoms with E-state index in [0.29, 0.717) is 17.1 Å². The van der Waals surface area contributed by atoms with Gasteiger partial charge in [0, 0.05) is 6.20 Å². The van der Waals surface area contributed by atoms with E-state index >= 15 is 0 Å². The van der Waals surface area contributed by atoms with E-state index in [9.17, 15) is 9.59 Å². The van der Waals surface area contributed by atoms with Gasteiger partial charge in [0.05, 0.1) is 25.3 Å². The van der Waals surface area contributed by atoms with E-state index < -0.39 is 5.97 Å². The van der Waals surface area contributed by atoms with Gasteiger partial charge in [0.25, 0.3) is 5.56 Å². The first kappa shape index (κ1) is 16.8. The second-order valence-electron chi connectivity index (χ2n) is 6.15. The van der Waals surface area contributed by atoms with Gasteiger partial charge in [-0.25, -0.2) is 9.78 Å². The van der Waals surface area contributed by atoms with Crippen molar-refractivity contribution in [1.29, 1.82) is 5.41 Å². The molecule has 0 aliphatic rings. The normalized spacial score (nSPS) is 11.2. The maximum Gasteiger partial charge on any atom is 0.341 e. The van der Waals surface area contributed by atoms with E-state index in [1.807, 2.05) is 13.0 Å². The highest BCUT2D eigenvalue weighted by Crippen LogP contribution is 2.13. The monoisotopic (exact) mass is 364 g/mol. The van der Waals surface area contributed by atoms with Gasteiger partial charge in [-0.1, -0.05) is 6.07 Å². The fraction of sp³-hybridized carbons (Fsp3) is 0.158. The van der Waals surface area contributed by atoms with E-state index in [2.05, 4.69) is 4.98 Å². The third kappa shape index (κ3) is 2.71. The summed E-state index contributed by atoms with van der Waals surface area (Å²) in [6.07, 6.45) is 3.21. The number of carbonyl (C=O) groups is 1. The predicted molar refractivity (Wildman–Crippen MR) is 96.7 cm³/mol. The first-order valence-electron chi connectivity index (χ1n) is 8.21. The molecule has 27 heavy (non-hydrogen) atoms. The molecule has 0 aliphatic heterocycles. The van der Waals surface area contributed by atoms with Crippen molar-refractivity contribution in [1.82, 2.24) is 14.0 Å². The number of furan rings is 1. The van der Waals surface area contributed by atoms with Gasteiger partial charge in [0.15, 0.2) is 0 Å². The van der Waals surface area contributed by atoms with E-state index in [4.69, 9.17) is 14.6 Å². The molecule has 0 aromatic carbocycles. The van der Waals surface area contributed by atoms with Gasteiger partial charge in [-0.05, 0) is 36.8 Å². The molecule has 8 nitrogen and oxygen atoms in total. The van der Waals surface area contributed by atoms with Crippen molar-refractivity contribution in [2.24, 2.45) is 0 Å². The van der Waals surface area contributed by atoms with Crippen molar-refractivity contribution in [2.45, 2.75) is 13.5 Å². The summed E-state index contributed by atoms with van der Waals surface area (Å²) < 4.78 is 13.1. The van der Waals surface area contributed by atoms with Crippen LogP contribution in [0.3, 0.4) is 0 Å². The third-order valence-corrected chi connectivity index (χ3v) is 4.35. The summed E-state index contributed by atoms with van der Waals surface area (Å²) in [4.78, 5) is 29.8. The van der Waals surface area contributed by atoms with E-state index in [1.165, 1.54) is 28.4 Å². The van der Waals surface area contributed by atoms with Crippen LogP contribution in [0.4, 0.5) is 0 Å². The van der Waals surface area contributed by atoms with Gasteiger partial charge in [-0.3, -0.25) is 14.6 Å². The molecule has 0 aliphatic carbocycles. The number of hydrogen-bond acceptors (Lipinski definition) is 6. The molecule has 4 aromatic heterocycles. The molecule has 0 unspecified atom stereocenters. The SMILES string of the molecule is COC(=O)c1cc2c(=O)n3cc(C)ccc3nc2n(Cc2ccco2)c1=N. The van der Waals surface area contributed by atoms with Crippen molar-refractivity contribution in [3.05, 3.63) is 75.5 Å². The van der Waals surface area contributed by atoms with Crippen molar-refractivity contribution in [2.75, 3.05) is 7.11 Å². The Morgan fingerprint density at radius 2 is 2.15 bits per heavy atom. The maximum absolute atomic E-state index is 13.0. The molecule has 0 amide bonds. The molecule has 4 heterocycles. The highest BCUT2D eigenvalue weighted by molar-refractivity contribution is 5.93. The number of nitrogens with zero attached hydrogens (tertiary/aromatic N) is 3. The first-order valence-corrected chi connectivity index (χ1v) is 8.21. The van der Waals surface area contributed by atoms with Crippen LogP contribution in [-0.2, 0) is 11.3 Å². The van der Waals surface area contributed by atoms with Crippen LogP contribution in [0.1, 0.15) is 21.7 Å². The van der Waals surface area contributed by atoms with Crippen molar-refractivity contribution < 1.29 is 13.9 Å². The van der Waals surface area contributed by atoms with Gasteiger partial charge < -0.3 is 13.7 Å². The Hall–Kier alpha value is -3.68. The number of aromatic nitrogens is 3. The van der Waals surface area contributed by atoms with Gasteiger partial charge in [-0.2, -0.15) is 0 Å². The summed E-state index contributed by atoms with van der Waals surface area (Å²) in [7, 11) is 1.23. The summed E-state index contributed by atoms with van der Waals surface area (Å²) in [5, 5.41) is 8.67. The number of carbonyl (C=O) groups excluding carboxylic acids is 1. The number of ether oxygens (including phenoxy) is 1. The number of methoxy groups -OCH3 is 1. The van der Waals surface area contributed by atoms with Crippen LogP contribution in [0.5, 0.6) is 0 Å². The highest BCUT2D eigenvalue weighted by atomic mass is 16.5. The fourth-order valence-electron chi connectivity index (χ4n) is 3.02. The van der Waals surface area contributed by atoms with E-state index in [-0.39, 0.29) is 28.5 Å². The van der Waals surface area contributed by atoms with Crippen molar-refractivity contribution >= 4 is 22.6 Å². The molecular weight excluding hydrogens is 348 g/mol. The number of aryl methyl sites for hydroxylation is 1. The molecule has 4 rings (SSSR count). The Labute approximate surface area is 152 Å². The minimum absolute atomic E-state index is 0.0111. The van der Waals surface area contributed by atoms with E-state index in [0.717, 1.165) is 5.56 Å². The summed E-state index contributed by atoms with van der Waals surface area (Å²) in [5.41, 5.74) is 1.23. The molecule has 0 bridgehead atoms. The number of rotatable bonds is 3. The van der Waals surface area contributed by atoms with Crippen molar-refractivity contribution in [3.63, 3.8) is 0 Å². The number of nitrogens with one attached hydrogen (secondary N) is 1. The van der Waals surface area contributed by atoms with Gasteiger partial charge in [0.2, 0.25) is 0 Å². The maximum atomic E-state index is 13.0. The van der Waals surface area contributed by atoms with Gasteiger partial charge in [-0.15, -0.1) is 0 Å². The summed E-state index contributed by atoms with van der Waals surface area (Å²) >= 11 is 0. The summed E-state index contributed by atoms with van der Waals surface area (Å²) in [6, 6.07) is 8.44. The smallest absolute Gasteiger partial charge is 0.341 e. The lowest BCUT2D eigenvalue weighted by Crippen LogP contribution is -2.31. The Morgan fingerprint density at radius 3 is 2.85 bits per heavy atom. The lowest BCUT2D eigenvalue weighted by atomic mass is 10.2. The molecule has 0 radical (unpaired) electrons. The number of esters is 1. The Bertz CT molecular complexity index is 1300. The lowest BCUT2D eigenvalue weighted by molar-refractivity contribution is 0.0597. The summed E-state index contributed by atoms with van der Waals surface area (Å²) in [6.45, 7) is 2.03. The lowest BCUT2D eigenvalue weighted by Gasteiger charge is -2.13. The minimum atomic E-state index is -0.691. The topological polar surface area (TPSA) is 103 Å². The molecule has 0 fully saturated rings. The van der Waals surface area contributed by atoms with E-state index in [1.54, 1.807) is 24.4 Å². The standard InChI is InChI=1S/C19H16N4O4/c1-11-5-6-15-21-17-14(18(24)22(15)9-11)8-13(19(25)26-2)16(20)23(17)10-12-4-3-7-27-12/h3-9,20H,10H2,1-2H3. The van der Waals surface area contributed by atoms with Crippen LogP contribution in [-0.4, -0.2) is 27.0 Å². The fourth-order valence-corrected chi connectivity index (χ4v) is 3.02. The third-order valence-electron chi connectivity index (χ3n) is 4.35. The van der Waals surface area contributed by atoms with Gasteiger partial charge in [0.1, 0.15) is 28.1 Å². The molecule has 0 saturated heterocycles. The number of pyridine rings is 2. The zero-order valence-corrected chi connectivity index (χ0v) is 14.7. The average Bonchev–Trinajstić information content (AvgIpc) is 3.17. The molecule has 0 saturated carbocycles. The number of hydrogen-bond donors (Lipinski definition) is 1. The zero-order chi connectivity index (χ0) is 19.1. The largest absolute Gasteiger partial charge is 0.467 e. The molecule has 136 valence electrons. The van der Waals surface area contributed by atoms with Crippen LogP contribution in [0.2, 0.25) is 0 Å². The van der Waals surface area contributed by atoms with Crippen LogP contribution >= 0.6 is 0 Å². The quantitative estimate of drug-likeness (QED) is 0.442. The zero-order valence-electron chi connectivity index (χ0n) is 14.7. The highest BCUT2D eigenvalue weighted by Gasteiger charge is 2.18. The number of fused-ring (bicyclic) bond motifs is 2. The molecule has 0 atom stereocenters. The molecule has 1 N–H and O–H groups in total. The van der Waals surface area contributed by atoms with Crippen LogP contribution < -0.4 is 11.0 Å². The minimum Gasteiger partial charge on any atom is -0.467 e. The Morgan fingerprint density at radius 1 is 1.33 bits per heavy atom. The predicted octanol–water partition coefficient (Wildman–Crippen LogP) is 1.86. The summed E-state index contributed by atoms with van der Waals surface area (Å²) in [5.74, 6) is -0.119. The second kappa shape index (κ2) is 6.24. The molecule has 8 heteroatoms. The van der Waals surface area contributed by atoms with Crippen LogP contribution in [0, 0.1) is 12.3 Å². The molecule has 4 aromatic rings. The molecular formula is C19H16N4O4. The Balaban J connectivity index is 2.14. The van der Waals surface area contributed by atoms with Crippen molar-refractivity contribution in [3.8, 4) is 0 Å². The average molecular weight is 364 g/mol. The first-order chi connectivity index (χ1) is 13.0. The molecule has 0 spiro atoms. The van der Waals surface area contributed by atoms with Crippen LogP contribution in [0.25, 0.3) is 16.7 Å². The Kier molecular flexibility index (Phi) is 3.88. The second-order valence-corrected chi connectivity index (χ2v) is 6.15. The van der Waals surface area contributed by atoms with Gasteiger partial charge >= 0.3 is 5.97 Å².